The molecule has 16 heavy (non-hydrogen) atoms. The number of benzene rings is 1. The second-order valence-corrected chi connectivity index (χ2v) is 5.52. The van der Waals surface area contributed by atoms with Gasteiger partial charge in [0.15, 0.2) is 0 Å². The molecule has 0 amide bonds. The average molecular weight is 290 g/mol. The number of halogens is 2. The first-order valence-electron chi connectivity index (χ1n) is 4.31. The van der Waals surface area contributed by atoms with Crippen molar-refractivity contribution in [3.05, 3.63) is 38.0 Å². The number of rotatable bonds is 3. The molecule has 0 aliphatic heterocycles. The molecule has 0 aromatic heterocycles. The third-order valence-electron chi connectivity index (χ3n) is 1.89. The molecule has 1 aromatic carbocycles. The maximum Gasteiger partial charge on any atom is 0.101 e. The zero-order valence-electron chi connectivity index (χ0n) is 8.75. The lowest BCUT2D eigenvalue weighted by Gasteiger charge is -2.06. The van der Waals surface area contributed by atoms with Gasteiger partial charge in [0.05, 0.1) is 19.9 Å². The van der Waals surface area contributed by atoms with Crippen LogP contribution < -0.4 is 0 Å². The van der Waals surface area contributed by atoms with Crippen LogP contribution in [0.3, 0.4) is 0 Å². The molecule has 0 unspecified atom stereocenters. The summed E-state index contributed by atoms with van der Waals surface area (Å²) in [5.74, 6) is 0. The number of thioether (sulfide) groups is 2. The van der Waals surface area contributed by atoms with Gasteiger partial charge in [-0.25, -0.2) is 0 Å². The normalized spacial score (nSPS) is 9.69. The monoisotopic (exact) mass is 289 g/mol. The molecule has 0 bridgehead atoms. The van der Waals surface area contributed by atoms with Crippen molar-refractivity contribution in [2.24, 2.45) is 0 Å². The predicted octanol–water partition coefficient (Wildman–Crippen LogP) is 4.91. The molecule has 0 aliphatic carbocycles. The van der Waals surface area contributed by atoms with Crippen LogP contribution in [0.4, 0.5) is 0 Å². The zero-order chi connectivity index (χ0) is 12.1. The van der Waals surface area contributed by atoms with Crippen LogP contribution in [0.15, 0.2) is 22.4 Å². The highest BCUT2D eigenvalue weighted by atomic mass is 35.5. The van der Waals surface area contributed by atoms with Gasteiger partial charge < -0.3 is 0 Å². The standard InChI is InChI=1S/C11H9Cl2NS2/c1-15-11(16-2)8(6-14)7-3-4-9(12)10(13)5-7/h3-5H,1-2H3. The topological polar surface area (TPSA) is 23.8 Å². The Morgan fingerprint density at radius 1 is 1.19 bits per heavy atom. The molecule has 0 aliphatic rings. The minimum Gasteiger partial charge on any atom is -0.192 e. The Hall–Kier alpha value is -0.270. The summed E-state index contributed by atoms with van der Waals surface area (Å²) in [5.41, 5.74) is 1.44. The molecule has 0 N–H and O–H groups in total. The van der Waals surface area contributed by atoms with Crippen molar-refractivity contribution in [3.63, 3.8) is 0 Å². The first kappa shape index (κ1) is 13.8. The van der Waals surface area contributed by atoms with Gasteiger partial charge in [-0.1, -0.05) is 29.3 Å². The Labute approximate surface area is 114 Å². The Morgan fingerprint density at radius 2 is 1.81 bits per heavy atom. The summed E-state index contributed by atoms with van der Waals surface area (Å²) in [6.45, 7) is 0. The van der Waals surface area contributed by atoms with Gasteiger partial charge in [-0.3, -0.25) is 0 Å². The van der Waals surface area contributed by atoms with Gasteiger partial charge in [-0.15, -0.1) is 23.5 Å². The SMILES string of the molecule is CSC(SC)=C(C#N)c1ccc(Cl)c(Cl)c1. The van der Waals surface area contributed by atoms with Crippen LogP contribution in [-0.2, 0) is 0 Å². The van der Waals surface area contributed by atoms with Crippen molar-refractivity contribution in [2.75, 3.05) is 12.5 Å². The molecule has 1 aromatic rings. The van der Waals surface area contributed by atoms with Gasteiger partial charge in [-0.05, 0) is 30.2 Å². The number of hydrogen-bond acceptors (Lipinski definition) is 3. The van der Waals surface area contributed by atoms with E-state index in [0.29, 0.717) is 15.6 Å². The van der Waals surface area contributed by atoms with Crippen LogP contribution in [-0.4, -0.2) is 12.5 Å². The van der Waals surface area contributed by atoms with Gasteiger partial charge >= 0.3 is 0 Å². The molecule has 1 rings (SSSR count). The van der Waals surface area contributed by atoms with E-state index in [1.165, 1.54) is 0 Å². The number of nitriles is 1. The summed E-state index contributed by atoms with van der Waals surface area (Å²) in [5, 5.41) is 10.1. The molecule has 84 valence electrons. The van der Waals surface area contributed by atoms with Crippen molar-refractivity contribution in [1.82, 2.24) is 0 Å². The fraction of sp³-hybridized carbons (Fsp3) is 0.182. The minimum atomic E-state index is 0.466. The van der Waals surface area contributed by atoms with Crippen molar-refractivity contribution in [3.8, 4) is 6.07 Å². The summed E-state index contributed by atoms with van der Waals surface area (Å²) in [6.07, 6.45) is 3.89. The maximum absolute atomic E-state index is 9.16. The maximum atomic E-state index is 9.16. The Kier molecular flexibility index (Phi) is 5.57. The van der Waals surface area contributed by atoms with E-state index < -0.39 is 0 Å². The number of hydrogen-bond donors (Lipinski definition) is 0. The van der Waals surface area contributed by atoms with Gasteiger partial charge in [-0.2, -0.15) is 5.26 Å². The van der Waals surface area contributed by atoms with E-state index in [1.807, 2.05) is 12.5 Å². The van der Waals surface area contributed by atoms with E-state index in [9.17, 15) is 0 Å². The average Bonchev–Trinajstić information content (AvgIpc) is 2.29. The van der Waals surface area contributed by atoms with Crippen LogP contribution in [0, 0.1) is 11.3 Å². The van der Waals surface area contributed by atoms with Gasteiger partial charge in [0.2, 0.25) is 0 Å². The summed E-state index contributed by atoms with van der Waals surface area (Å²) < 4.78 is 0.973. The van der Waals surface area contributed by atoms with Crippen molar-refractivity contribution in [2.45, 2.75) is 0 Å². The molecular formula is C11H9Cl2NS2. The van der Waals surface area contributed by atoms with Gasteiger partial charge in [0.1, 0.15) is 6.07 Å². The van der Waals surface area contributed by atoms with Crippen molar-refractivity contribution >= 4 is 52.3 Å². The van der Waals surface area contributed by atoms with E-state index in [0.717, 1.165) is 9.80 Å². The quantitative estimate of drug-likeness (QED) is 0.739. The van der Waals surface area contributed by atoms with E-state index in [2.05, 4.69) is 6.07 Å². The Bertz CT molecular complexity index is 458. The molecule has 0 saturated carbocycles. The van der Waals surface area contributed by atoms with Crippen molar-refractivity contribution in [1.29, 1.82) is 5.26 Å². The number of nitrogens with zero attached hydrogens (tertiary/aromatic N) is 1. The first-order valence-corrected chi connectivity index (χ1v) is 7.52. The van der Waals surface area contributed by atoms with E-state index in [-0.39, 0.29) is 0 Å². The molecule has 0 heterocycles. The van der Waals surface area contributed by atoms with Crippen LogP contribution in [0.25, 0.3) is 5.57 Å². The van der Waals surface area contributed by atoms with Crippen molar-refractivity contribution < 1.29 is 0 Å². The van der Waals surface area contributed by atoms with E-state index in [4.69, 9.17) is 28.5 Å². The lowest BCUT2D eigenvalue weighted by molar-refractivity contribution is 1.52. The zero-order valence-corrected chi connectivity index (χ0v) is 11.9. The smallest absolute Gasteiger partial charge is 0.101 e. The van der Waals surface area contributed by atoms with Crippen LogP contribution in [0.5, 0.6) is 0 Å². The van der Waals surface area contributed by atoms with Gasteiger partial charge in [0.25, 0.3) is 0 Å². The van der Waals surface area contributed by atoms with E-state index in [1.54, 1.807) is 41.7 Å². The molecule has 0 fully saturated rings. The van der Waals surface area contributed by atoms with Crippen LogP contribution in [0.2, 0.25) is 10.0 Å². The lowest BCUT2D eigenvalue weighted by Crippen LogP contribution is -1.85. The largest absolute Gasteiger partial charge is 0.192 e. The molecule has 0 saturated heterocycles. The van der Waals surface area contributed by atoms with E-state index >= 15 is 0 Å². The summed E-state index contributed by atoms with van der Waals surface area (Å²) in [7, 11) is 0. The molecule has 0 spiro atoms. The number of allylic oxidation sites excluding steroid dienone is 1. The molecular weight excluding hydrogens is 281 g/mol. The predicted molar refractivity (Wildman–Crippen MR) is 76.0 cm³/mol. The Balaban J connectivity index is 3.30. The first-order chi connectivity index (χ1) is 7.63. The third kappa shape index (κ3) is 3.11. The molecule has 5 heteroatoms. The van der Waals surface area contributed by atoms with Crippen LogP contribution >= 0.6 is 46.7 Å². The molecule has 0 radical (unpaired) electrons. The lowest BCUT2D eigenvalue weighted by atomic mass is 10.1. The second-order valence-electron chi connectivity index (χ2n) is 2.81. The van der Waals surface area contributed by atoms with Crippen LogP contribution in [0.1, 0.15) is 5.56 Å². The second kappa shape index (κ2) is 6.46. The summed E-state index contributed by atoms with van der Waals surface area (Å²) in [6, 6.07) is 7.43. The highest BCUT2D eigenvalue weighted by Crippen LogP contribution is 2.34. The third-order valence-corrected chi connectivity index (χ3v) is 4.78. The minimum absolute atomic E-state index is 0.466. The molecule has 1 nitrogen and oxygen atoms in total. The summed E-state index contributed by atoms with van der Waals surface area (Å²) >= 11 is 14.9. The Morgan fingerprint density at radius 3 is 2.25 bits per heavy atom. The fourth-order valence-electron chi connectivity index (χ4n) is 1.17. The highest BCUT2D eigenvalue weighted by molar-refractivity contribution is 8.21. The highest BCUT2D eigenvalue weighted by Gasteiger charge is 2.09. The molecule has 0 atom stereocenters. The fourth-order valence-corrected chi connectivity index (χ4v) is 2.87. The van der Waals surface area contributed by atoms with Gasteiger partial charge in [0, 0.05) is 0 Å². The summed E-state index contributed by atoms with van der Waals surface area (Å²) in [4.78, 5) is 0.